The Bertz CT molecular complexity index is 1080. The first kappa shape index (κ1) is 19.2. The van der Waals surface area contributed by atoms with Crippen LogP contribution in [0.5, 0.6) is 0 Å². The number of aryl methyl sites for hydroxylation is 1. The predicted molar refractivity (Wildman–Crippen MR) is 95.6 cm³/mol. The van der Waals surface area contributed by atoms with Crippen LogP contribution >= 0.6 is 11.6 Å². The van der Waals surface area contributed by atoms with Crippen molar-refractivity contribution in [3.05, 3.63) is 71.0 Å². The normalized spacial score (nSPS) is 12.2. The molecule has 0 saturated carbocycles. The second-order valence-electron chi connectivity index (χ2n) is 5.72. The lowest BCUT2D eigenvalue weighted by Gasteiger charge is -2.14. The monoisotopic (exact) mass is 415 g/mol. The van der Waals surface area contributed by atoms with Crippen LogP contribution in [0.1, 0.15) is 11.1 Å². The zero-order valence-electron chi connectivity index (χ0n) is 13.8. The van der Waals surface area contributed by atoms with E-state index in [0.29, 0.717) is 18.0 Å². The zero-order chi connectivity index (χ0) is 19.8. The molecule has 10 heteroatoms. The Hall–Kier alpha value is -2.52. The number of halogens is 4. The highest BCUT2D eigenvalue weighted by Crippen LogP contribution is 2.32. The third-order valence-electron chi connectivity index (χ3n) is 3.67. The first-order valence-electron chi connectivity index (χ1n) is 7.58. The summed E-state index contributed by atoms with van der Waals surface area (Å²) in [5.41, 5.74) is 0.285. The number of anilines is 1. The van der Waals surface area contributed by atoms with E-state index in [1.54, 1.807) is 24.3 Å². The summed E-state index contributed by atoms with van der Waals surface area (Å²) in [5, 5.41) is -0.537. The number of hydrogen-bond acceptors (Lipinski definition) is 3. The summed E-state index contributed by atoms with van der Waals surface area (Å²) in [6, 6.07) is 10.1. The number of hydrogen-bond donors (Lipinski definition) is 1. The Labute approximate surface area is 158 Å². The van der Waals surface area contributed by atoms with Crippen molar-refractivity contribution in [2.24, 2.45) is 0 Å². The summed E-state index contributed by atoms with van der Waals surface area (Å²) < 4.78 is 67.2. The van der Waals surface area contributed by atoms with Crippen LogP contribution in [0, 0.1) is 6.92 Å². The van der Waals surface area contributed by atoms with Crippen molar-refractivity contribution < 1.29 is 21.6 Å². The Morgan fingerprint density at radius 3 is 2.41 bits per heavy atom. The van der Waals surface area contributed by atoms with Crippen molar-refractivity contribution in [3.8, 4) is 5.82 Å². The lowest BCUT2D eigenvalue weighted by molar-refractivity contribution is -0.137. The fourth-order valence-electron chi connectivity index (χ4n) is 2.35. The van der Waals surface area contributed by atoms with E-state index in [2.05, 4.69) is 9.71 Å². The third kappa shape index (κ3) is 4.09. The maximum absolute atomic E-state index is 12.8. The average molecular weight is 416 g/mol. The summed E-state index contributed by atoms with van der Waals surface area (Å²) in [4.78, 5) is 3.70. The van der Waals surface area contributed by atoms with Gasteiger partial charge in [0.1, 0.15) is 0 Å². The molecular weight excluding hydrogens is 403 g/mol. The van der Waals surface area contributed by atoms with E-state index in [1.807, 2.05) is 6.92 Å². The van der Waals surface area contributed by atoms with Gasteiger partial charge in [-0.2, -0.15) is 21.6 Å². The number of nitrogens with zero attached hydrogens (tertiary/aromatic N) is 2. The molecule has 0 aliphatic heterocycles. The summed E-state index contributed by atoms with van der Waals surface area (Å²) in [6.07, 6.45) is -2.65. The third-order valence-corrected chi connectivity index (χ3v) is 5.33. The van der Waals surface area contributed by atoms with Crippen molar-refractivity contribution in [2.75, 3.05) is 4.72 Å². The molecule has 3 rings (SSSR count). The zero-order valence-corrected chi connectivity index (χ0v) is 15.4. The van der Waals surface area contributed by atoms with Crippen LogP contribution in [0.15, 0.2) is 59.9 Å². The first-order chi connectivity index (χ1) is 12.6. The molecule has 0 aliphatic carbocycles. The van der Waals surface area contributed by atoms with Gasteiger partial charge in [0, 0.05) is 18.1 Å². The number of rotatable bonds is 4. The van der Waals surface area contributed by atoms with E-state index < -0.39 is 21.8 Å². The molecule has 0 bridgehead atoms. The summed E-state index contributed by atoms with van der Waals surface area (Å²) >= 11 is 5.93. The minimum absolute atomic E-state index is 0.126. The molecule has 0 atom stereocenters. The molecule has 2 heterocycles. The van der Waals surface area contributed by atoms with Gasteiger partial charge in [-0.3, -0.25) is 9.29 Å². The number of pyridine rings is 1. The van der Waals surface area contributed by atoms with Gasteiger partial charge in [-0.1, -0.05) is 29.3 Å². The molecule has 142 valence electrons. The van der Waals surface area contributed by atoms with E-state index in [0.717, 1.165) is 10.1 Å². The van der Waals surface area contributed by atoms with Crippen molar-refractivity contribution in [3.63, 3.8) is 0 Å². The van der Waals surface area contributed by atoms with E-state index in [1.165, 1.54) is 18.3 Å². The van der Waals surface area contributed by atoms with Crippen molar-refractivity contribution in [1.29, 1.82) is 0 Å². The first-order valence-corrected chi connectivity index (χ1v) is 9.44. The van der Waals surface area contributed by atoms with Gasteiger partial charge >= 0.3 is 6.18 Å². The second kappa shape index (κ2) is 6.90. The number of sulfonamides is 1. The fraction of sp³-hybridized carbons (Fsp3) is 0.118. The molecule has 0 unspecified atom stereocenters. The van der Waals surface area contributed by atoms with Crippen LogP contribution in [0.2, 0.25) is 5.02 Å². The second-order valence-corrected chi connectivity index (χ2v) is 7.75. The lowest BCUT2D eigenvalue weighted by Crippen LogP contribution is -2.17. The van der Waals surface area contributed by atoms with Crippen LogP contribution in [0.3, 0.4) is 0 Å². The van der Waals surface area contributed by atoms with Gasteiger partial charge in [0.2, 0.25) is 0 Å². The molecule has 1 N–H and O–H groups in total. The van der Waals surface area contributed by atoms with Gasteiger partial charge in [0.05, 0.1) is 10.6 Å². The highest BCUT2D eigenvalue weighted by Gasteiger charge is 2.32. The van der Waals surface area contributed by atoms with Crippen molar-refractivity contribution in [2.45, 2.75) is 18.1 Å². The standard InChI is InChI=1S/C17H13ClF3N3O2S/c1-11-4-6-13(7-5-11)23-27(25,26)15-3-2-8-24(15)16-14(18)9-12(10-22-16)17(19,20)21/h2-10,23H,1H3. The van der Waals surface area contributed by atoms with Crippen LogP contribution in [0.4, 0.5) is 18.9 Å². The minimum Gasteiger partial charge on any atom is -0.289 e. The number of nitrogens with one attached hydrogen (secondary N) is 1. The SMILES string of the molecule is Cc1ccc(NS(=O)(=O)c2cccn2-c2ncc(C(F)(F)F)cc2Cl)cc1. The van der Waals surface area contributed by atoms with Gasteiger partial charge < -0.3 is 0 Å². The quantitative estimate of drug-likeness (QED) is 0.674. The lowest BCUT2D eigenvalue weighted by atomic mass is 10.2. The predicted octanol–water partition coefficient (Wildman–Crippen LogP) is 4.65. The molecule has 1 aromatic carbocycles. The van der Waals surface area contributed by atoms with Crippen LogP contribution in [-0.4, -0.2) is 18.0 Å². The van der Waals surface area contributed by atoms with Gasteiger partial charge in [-0.15, -0.1) is 0 Å². The molecule has 0 amide bonds. The largest absolute Gasteiger partial charge is 0.417 e. The molecule has 0 radical (unpaired) electrons. The Morgan fingerprint density at radius 1 is 1.15 bits per heavy atom. The molecule has 0 saturated heterocycles. The average Bonchev–Trinajstić information content (AvgIpc) is 3.06. The molecule has 27 heavy (non-hydrogen) atoms. The van der Waals surface area contributed by atoms with Gasteiger partial charge in [0.15, 0.2) is 10.8 Å². The van der Waals surface area contributed by atoms with Crippen LogP contribution < -0.4 is 4.72 Å². The van der Waals surface area contributed by atoms with Crippen molar-refractivity contribution >= 4 is 27.3 Å². The molecule has 3 aromatic rings. The van der Waals surface area contributed by atoms with Gasteiger partial charge in [-0.25, -0.2) is 4.98 Å². The fourth-order valence-corrected chi connectivity index (χ4v) is 3.82. The minimum atomic E-state index is -4.60. The number of alkyl halides is 3. The maximum atomic E-state index is 12.8. The van der Waals surface area contributed by atoms with E-state index in [4.69, 9.17) is 11.6 Å². The number of aromatic nitrogens is 2. The van der Waals surface area contributed by atoms with Crippen LogP contribution in [0.25, 0.3) is 5.82 Å². The smallest absolute Gasteiger partial charge is 0.289 e. The maximum Gasteiger partial charge on any atom is 0.417 e. The topological polar surface area (TPSA) is 64.0 Å². The molecule has 0 fully saturated rings. The van der Waals surface area contributed by atoms with E-state index >= 15 is 0 Å². The molecule has 2 aromatic heterocycles. The molecular formula is C17H13ClF3N3O2S. The molecule has 0 aliphatic rings. The van der Waals surface area contributed by atoms with E-state index in [9.17, 15) is 21.6 Å². The summed E-state index contributed by atoms with van der Waals surface area (Å²) in [5.74, 6) is -0.126. The summed E-state index contributed by atoms with van der Waals surface area (Å²) in [7, 11) is -4.02. The Balaban J connectivity index is 1.99. The molecule has 5 nitrogen and oxygen atoms in total. The Kier molecular flexibility index (Phi) is 4.92. The number of benzene rings is 1. The van der Waals surface area contributed by atoms with E-state index in [-0.39, 0.29) is 15.9 Å². The Morgan fingerprint density at radius 2 is 1.81 bits per heavy atom. The van der Waals surface area contributed by atoms with Gasteiger partial charge in [0.25, 0.3) is 10.0 Å². The highest BCUT2D eigenvalue weighted by molar-refractivity contribution is 7.92. The summed E-state index contributed by atoms with van der Waals surface area (Å²) in [6.45, 7) is 1.86. The van der Waals surface area contributed by atoms with Crippen molar-refractivity contribution in [1.82, 2.24) is 9.55 Å². The van der Waals surface area contributed by atoms with Gasteiger partial charge in [-0.05, 0) is 37.3 Å². The highest BCUT2D eigenvalue weighted by atomic mass is 35.5. The van der Waals surface area contributed by atoms with Crippen LogP contribution in [-0.2, 0) is 16.2 Å². The molecule has 0 spiro atoms.